The molecule has 1 atom stereocenters. The Morgan fingerprint density at radius 3 is 2.67 bits per heavy atom. The Bertz CT molecular complexity index is 769. The highest BCUT2D eigenvalue weighted by Gasteiger charge is 2.13. The summed E-state index contributed by atoms with van der Waals surface area (Å²) in [6.07, 6.45) is 4.31. The van der Waals surface area contributed by atoms with Gasteiger partial charge in [-0.25, -0.2) is 0 Å². The van der Waals surface area contributed by atoms with E-state index in [0.717, 1.165) is 24.5 Å². The number of ether oxygens (including phenoxy) is 1. The summed E-state index contributed by atoms with van der Waals surface area (Å²) in [6.45, 7) is 8.58. The average molecular weight is 382 g/mol. The maximum absolute atomic E-state index is 5.56. The SMILES string of the molecule is C=CCOc1cccc(NC(=S)N[C@H](C)c2ccc(N3CCCC3)cc2)c1. The molecule has 3 rings (SSSR count). The molecule has 0 aliphatic carbocycles. The molecule has 0 amide bonds. The van der Waals surface area contributed by atoms with Gasteiger partial charge in [0.2, 0.25) is 0 Å². The number of thiocarbonyl (C=S) groups is 1. The minimum absolute atomic E-state index is 0.123. The van der Waals surface area contributed by atoms with E-state index < -0.39 is 0 Å². The smallest absolute Gasteiger partial charge is 0.171 e. The number of nitrogens with one attached hydrogen (secondary N) is 2. The quantitative estimate of drug-likeness (QED) is 0.527. The molecule has 1 saturated heterocycles. The van der Waals surface area contributed by atoms with Gasteiger partial charge in [-0.3, -0.25) is 0 Å². The predicted octanol–water partition coefficient (Wildman–Crippen LogP) is 4.90. The second-order valence-corrected chi connectivity index (χ2v) is 7.14. The molecule has 1 aliphatic heterocycles. The van der Waals surface area contributed by atoms with Gasteiger partial charge in [-0.05, 0) is 61.8 Å². The molecule has 1 heterocycles. The summed E-state index contributed by atoms with van der Waals surface area (Å²) < 4.78 is 5.56. The fourth-order valence-corrected chi connectivity index (χ4v) is 3.51. The maximum Gasteiger partial charge on any atom is 0.171 e. The van der Waals surface area contributed by atoms with Gasteiger partial charge in [0.05, 0.1) is 6.04 Å². The predicted molar refractivity (Wildman–Crippen MR) is 118 cm³/mol. The van der Waals surface area contributed by atoms with Gasteiger partial charge in [0.25, 0.3) is 0 Å². The molecule has 2 N–H and O–H groups in total. The molecule has 0 aromatic heterocycles. The van der Waals surface area contributed by atoms with Crippen LogP contribution in [0, 0.1) is 0 Å². The molecule has 27 heavy (non-hydrogen) atoms. The van der Waals surface area contributed by atoms with Crippen molar-refractivity contribution in [3.05, 3.63) is 66.7 Å². The first-order valence-corrected chi connectivity index (χ1v) is 9.83. The van der Waals surface area contributed by atoms with E-state index in [1.54, 1.807) is 6.08 Å². The topological polar surface area (TPSA) is 36.5 Å². The minimum Gasteiger partial charge on any atom is -0.489 e. The second-order valence-electron chi connectivity index (χ2n) is 6.73. The van der Waals surface area contributed by atoms with Gasteiger partial charge >= 0.3 is 0 Å². The van der Waals surface area contributed by atoms with E-state index in [4.69, 9.17) is 17.0 Å². The third-order valence-electron chi connectivity index (χ3n) is 4.67. The van der Waals surface area contributed by atoms with Crippen LogP contribution in [0.2, 0.25) is 0 Å². The number of benzene rings is 2. The fraction of sp³-hybridized carbons (Fsp3) is 0.318. The number of hydrogen-bond donors (Lipinski definition) is 2. The van der Waals surface area contributed by atoms with E-state index in [9.17, 15) is 0 Å². The van der Waals surface area contributed by atoms with E-state index in [1.165, 1.54) is 24.1 Å². The lowest BCUT2D eigenvalue weighted by Gasteiger charge is -2.20. The van der Waals surface area contributed by atoms with E-state index >= 15 is 0 Å². The Balaban J connectivity index is 1.54. The van der Waals surface area contributed by atoms with Crippen molar-refractivity contribution in [3.8, 4) is 5.75 Å². The zero-order valence-electron chi connectivity index (χ0n) is 15.8. The van der Waals surface area contributed by atoms with Crippen LogP contribution in [0.4, 0.5) is 11.4 Å². The van der Waals surface area contributed by atoms with Crippen molar-refractivity contribution < 1.29 is 4.74 Å². The van der Waals surface area contributed by atoms with Crippen molar-refractivity contribution in [2.75, 3.05) is 29.9 Å². The molecule has 0 radical (unpaired) electrons. The first-order chi connectivity index (χ1) is 13.2. The number of anilines is 2. The summed E-state index contributed by atoms with van der Waals surface area (Å²) in [7, 11) is 0. The van der Waals surface area contributed by atoms with Gasteiger partial charge < -0.3 is 20.3 Å². The highest BCUT2D eigenvalue weighted by Crippen LogP contribution is 2.23. The van der Waals surface area contributed by atoms with Crippen molar-refractivity contribution in [1.29, 1.82) is 0 Å². The van der Waals surface area contributed by atoms with Crippen molar-refractivity contribution in [1.82, 2.24) is 5.32 Å². The van der Waals surface area contributed by atoms with Crippen molar-refractivity contribution >= 4 is 28.7 Å². The fourth-order valence-electron chi connectivity index (χ4n) is 3.22. The lowest BCUT2D eigenvalue weighted by Crippen LogP contribution is -2.30. The first kappa shape index (κ1) is 19.2. The van der Waals surface area contributed by atoms with Gasteiger partial charge in [0.1, 0.15) is 12.4 Å². The number of nitrogens with zero attached hydrogens (tertiary/aromatic N) is 1. The largest absolute Gasteiger partial charge is 0.489 e. The summed E-state index contributed by atoms with van der Waals surface area (Å²) >= 11 is 5.47. The molecule has 5 heteroatoms. The molecule has 1 aliphatic rings. The molecular weight excluding hydrogens is 354 g/mol. The molecule has 2 aromatic carbocycles. The molecule has 0 saturated carbocycles. The van der Waals surface area contributed by atoms with Gasteiger partial charge in [-0.15, -0.1) is 0 Å². The molecular formula is C22H27N3OS. The van der Waals surface area contributed by atoms with E-state index in [-0.39, 0.29) is 6.04 Å². The Labute approximate surface area is 167 Å². The van der Waals surface area contributed by atoms with Crippen LogP contribution >= 0.6 is 12.2 Å². The van der Waals surface area contributed by atoms with Crippen LogP contribution in [-0.4, -0.2) is 24.8 Å². The normalized spacial score (nSPS) is 14.5. The van der Waals surface area contributed by atoms with Crippen LogP contribution in [0.5, 0.6) is 5.75 Å². The van der Waals surface area contributed by atoms with Crippen LogP contribution in [0.3, 0.4) is 0 Å². The third-order valence-corrected chi connectivity index (χ3v) is 4.89. The average Bonchev–Trinajstić information content (AvgIpc) is 3.21. The minimum atomic E-state index is 0.123. The van der Waals surface area contributed by atoms with Crippen molar-refractivity contribution in [2.24, 2.45) is 0 Å². The summed E-state index contributed by atoms with van der Waals surface area (Å²) in [6, 6.07) is 16.6. The molecule has 4 nitrogen and oxygen atoms in total. The number of rotatable bonds is 7. The molecule has 0 bridgehead atoms. The molecule has 1 fully saturated rings. The molecule has 0 unspecified atom stereocenters. The highest BCUT2D eigenvalue weighted by molar-refractivity contribution is 7.80. The first-order valence-electron chi connectivity index (χ1n) is 9.42. The highest BCUT2D eigenvalue weighted by atomic mass is 32.1. The van der Waals surface area contributed by atoms with Gasteiger partial charge in [0.15, 0.2) is 5.11 Å². The number of hydrogen-bond acceptors (Lipinski definition) is 3. The van der Waals surface area contributed by atoms with Gasteiger partial charge in [-0.1, -0.05) is 30.9 Å². The van der Waals surface area contributed by atoms with E-state index in [2.05, 4.69) is 53.3 Å². The summed E-state index contributed by atoms with van der Waals surface area (Å²) in [5, 5.41) is 7.16. The Morgan fingerprint density at radius 1 is 1.22 bits per heavy atom. The van der Waals surface area contributed by atoms with Gasteiger partial charge in [-0.2, -0.15) is 0 Å². The monoisotopic (exact) mass is 381 g/mol. The third kappa shape index (κ3) is 5.47. The van der Waals surface area contributed by atoms with Crippen molar-refractivity contribution in [3.63, 3.8) is 0 Å². The van der Waals surface area contributed by atoms with Crippen LogP contribution in [0.15, 0.2) is 61.2 Å². The second kappa shape index (κ2) is 9.42. The maximum atomic E-state index is 5.56. The van der Waals surface area contributed by atoms with Crippen LogP contribution in [0.1, 0.15) is 31.4 Å². The van der Waals surface area contributed by atoms with Gasteiger partial charge in [0, 0.05) is 30.5 Å². The molecule has 0 spiro atoms. The molecule has 2 aromatic rings. The zero-order chi connectivity index (χ0) is 19.1. The lowest BCUT2D eigenvalue weighted by molar-refractivity contribution is 0.363. The Kier molecular flexibility index (Phi) is 6.71. The van der Waals surface area contributed by atoms with E-state index in [0.29, 0.717) is 11.7 Å². The Hall–Kier alpha value is -2.53. The summed E-state index contributed by atoms with van der Waals surface area (Å²) in [4.78, 5) is 2.44. The van der Waals surface area contributed by atoms with Crippen LogP contribution < -0.4 is 20.3 Å². The molecule has 142 valence electrons. The van der Waals surface area contributed by atoms with Crippen molar-refractivity contribution in [2.45, 2.75) is 25.8 Å². The summed E-state index contributed by atoms with van der Waals surface area (Å²) in [5.41, 5.74) is 3.41. The Morgan fingerprint density at radius 2 is 1.96 bits per heavy atom. The van der Waals surface area contributed by atoms with Crippen LogP contribution in [-0.2, 0) is 0 Å². The summed E-state index contributed by atoms with van der Waals surface area (Å²) in [5.74, 6) is 0.785. The zero-order valence-corrected chi connectivity index (χ0v) is 16.6. The lowest BCUT2D eigenvalue weighted by atomic mass is 10.1. The standard InChI is InChI=1S/C22H27N3OS/c1-3-15-26-21-8-6-7-19(16-21)24-22(27)23-17(2)18-9-11-20(12-10-18)25-13-4-5-14-25/h3,6-12,16-17H,1,4-5,13-15H2,2H3,(H2,23,24,27)/t17-/m1/s1. The van der Waals surface area contributed by atoms with E-state index in [1.807, 2.05) is 24.3 Å². The van der Waals surface area contributed by atoms with Crippen LogP contribution in [0.25, 0.3) is 0 Å².